The lowest BCUT2D eigenvalue weighted by Gasteiger charge is -2.36. The molecule has 0 heterocycles. The summed E-state index contributed by atoms with van der Waals surface area (Å²) in [5.41, 5.74) is 6.23. The van der Waals surface area contributed by atoms with Crippen LogP contribution in [0.1, 0.15) is 73.1 Å². The predicted molar refractivity (Wildman–Crippen MR) is 76.2 cm³/mol. The number of nitrogens with two attached hydrogens (primary N) is 1. The van der Waals surface area contributed by atoms with Crippen LogP contribution in [0.25, 0.3) is 0 Å². The van der Waals surface area contributed by atoms with Gasteiger partial charge in [-0.15, -0.1) is 0 Å². The zero-order valence-corrected chi connectivity index (χ0v) is 12.6. The van der Waals surface area contributed by atoms with Gasteiger partial charge in [0.25, 0.3) is 0 Å². The Hall–Kier alpha value is -0.0800. The fourth-order valence-electron chi connectivity index (χ4n) is 2.39. The summed E-state index contributed by atoms with van der Waals surface area (Å²) in [6.07, 6.45) is 7.24. The Balaban J connectivity index is 4.30. The van der Waals surface area contributed by atoms with Crippen LogP contribution in [0.4, 0.5) is 0 Å². The molecular weight excluding hydrogens is 210 g/mol. The maximum atomic E-state index is 6.37. The molecule has 104 valence electrons. The van der Waals surface area contributed by atoms with Gasteiger partial charge in [-0.05, 0) is 32.6 Å². The summed E-state index contributed by atoms with van der Waals surface area (Å²) in [6.45, 7) is 11.7. The van der Waals surface area contributed by atoms with Crippen molar-refractivity contribution in [3.63, 3.8) is 0 Å². The molecule has 0 amide bonds. The topological polar surface area (TPSA) is 35.2 Å². The van der Waals surface area contributed by atoms with Crippen LogP contribution < -0.4 is 5.73 Å². The Morgan fingerprint density at radius 3 is 2.24 bits per heavy atom. The Bertz CT molecular complexity index is 184. The average Bonchev–Trinajstić information content (AvgIpc) is 2.34. The highest BCUT2D eigenvalue weighted by molar-refractivity contribution is 4.87. The second kappa shape index (κ2) is 8.93. The molecule has 3 atom stereocenters. The van der Waals surface area contributed by atoms with E-state index in [1.165, 1.54) is 25.7 Å². The van der Waals surface area contributed by atoms with E-state index in [0.29, 0.717) is 0 Å². The molecule has 0 aromatic heterocycles. The minimum atomic E-state index is -0.144. The number of hydrogen-bond acceptors (Lipinski definition) is 2. The summed E-state index contributed by atoms with van der Waals surface area (Å²) in [6, 6.07) is 0.161. The third-order valence-corrected chi connectivity index (χ3v) is 4.09. The average molecular weight is 243 g/mol. The summed E-state index contributed by atoms with van der Waals surface area (Å²) >= 11 is 0. The third kappa shape index (κ3) is 5.87. The van der Waals surface area contributed by atoms with Crippen molar-refractivity contribution in [3.05, 3.63) is 0 Å². The SMILES string of the molecule is CCCCC(CC)CC(N)C(C)(CC)OCC. The first kappa shape index (κ1) is 16.9. The molecule has 17 heavy (non-hydrogen) atoms. The Morgan fingerprint density at radius 1 is 1.18 bits per heavy atom. The van der Waals surface area contributed by atoms with Gasteiger partial charge in [0, 0.05) is 12.6 Å². The highest BCUT2D eigenvalue weighted by Crippen LogP contribution is 2.26. The van der Waals surface area contributed by atoms with E-state index in [1.54, 1.807) is 0 Å². The molecule has 0 rings (SSSR count). The first-order chi connectivity index (χ1) is 8.03. The lowest BCUT2D eigenvalue weighted by Crippen LogP contribution is -2.48. The van der Waals surface area contributed by atoms with Crippen LogP contribution in [0.15, 0.2) is 0 Å². The molecule has 2 N–H and O–H groups in total. The van der Waals surface area contributed by atoms with Gasteiger partial charge in [0.15, 0.2) is 0 Å². The molecule has 0 bridgehead atoms. The van der Waals surface area contributed by atoms with Gasteiger partial charge in [-0.1, -0.05) is 46.5 Å². The number of rotatable bonds is 10. The van der Waals surface area contributed by atoms with Gasteiger partial charge in [0.1, 0.15) is 0 Å². The zero-order valence-electron chi connectivity index (χ0n) is 12.6. The normalized spacial score (nSPS) is 18.7. The minimum Gasteiger partial charge on any atom is -0.374 e. The lowest BCUT2D eigenvalue weighted by atomic mass is 9.84. The predicted octanol–water partition coefficient (Wildman–Crippen LogP) is 4.13. The van der Waals surface area contributed by atoms with Crippen LogP contribution in [0, 0.1) is 5.92 Å². The van der Waals surface area contributed by atoms with Gasteiger partial charge in [-0.3, -0.25) is 0 Å². The van der Waals surface area contributed by atoms with E-state index in [9.17, 15) is 0 Å². The van der Waals surface area contributed by atoms with Gasteiger partial charge < -0.3 is 10.5 Å². The zero-order chi connectivity index (χ0) is 13.3. The summed E-state index contributed by atoms with van der Waals surface area (Å²) in [4.78, 5) is 0. The second-order valence-electron chi connectivity index (χ2n) is 5.36. The van der Waals surface area contributed by atoms with Gasteiger partial charge >= 0.3 is 0 Å². The van der Waals surface area contributed by atoms with E-state index in [4.69, 9.17) is 10.5 Å². The number of hydrogen-bond donors (Lipinski definition) is 1. The minimum absolute atomic E-state index is 0.144. The van der Waals surface area contributed by atoms with Crippen molar-refractivity contribution >= 4 is 0 Å². The first-order valence-electron chi connectivity index (χ1n) is 7.43. The number of ether oxygens (including phenoxy) is 1. The fraction of sp³-hybridized carbons (Fsp3) is 1.00. The summed E-state index contributed by atoms with van der Waals surface area (Å²) in [7, 11) is 0. The molecule has 0 aromatic carbocycles. The fourth-order valence-corrected chi connectivity index (χ4v) is 2.39. The molecule has 0 spiro atoms. The number of unbranched alkanes of at least 4 members (excludes halogenated alkanes) is 1. The van der Waals surface area contributed by atoms with E-state index >= 15 is 0 Å². The van der Waals surface area contributed by atoms with Crippen LogP contribution in [0.5, 0.6) is 0 Å². The molecular formula is C15H33NO. The summed E-state index contributed by atoms with van der Waals surface area (Å²) in [5, 5.41) is 0. The third-order valence-electron chi connectivity index (χ3n) is 4.09. The highest BCUT2D eigenvalue weighted by Gasteiger charge is 2.31. The van der Waals surface area contributed by atoms with Crippen molar-refractivity contribution in [2.75, 3.05) is 6.61 Å². The quantitative estimate of drug-likeness (QED) is 0.626. The van der Waals surface area contributed by atoms with Crippen LogP contribution in [0.3, 0.4) is 0 Å². The molecule has 0 radical (unpaired) electrons. The van der Waals surface area contributed by atoms with Crippen molar-refractivity contribution in [1.82, 2.24) is 0 Å². The maximum absolute atomic E-state index is 6.37. The van der Waals surface area contributed by atoms with Crippen LogP contribution in [0.2, 0.25) is 0 Å². The van der Waals surface area contributed by atoms with Crippen molar-refractivity contribution in [2.24, 2.45) is 11.7 Å². The van der Waals surface area contributed by atoms with Gasteiger partial charge in [0.05, 0.1) is 5.60 Å². The van der Waals surface area contributed by atoms with Crippen molar-refractivity contribution in [3.8, 4) is 0 Å². The lowest BCUT2D eigenvalue weighted by molar-refractivity contribution is -0.0513. The summed E-state index contributed by atoms with van der Waals surface area (Å²) < 4.78 is 5.87. The molecule has 0 aliphatic rings. The molecule has 0 fully saturated rings. The van der Waals surface area contributed by atoms with E-state index < -0.39 is 0 Å². The molecule has 0 aromatic rings. The standard InChI is InChI=1S/C15H33NO/c1-6-10-11-13(7-2)12-14(16)15(5,8-3)17-9-4/h13-14H,6-12,16H2,1-5H3. The smallest absolute Gasteiger partial charge is 0.0801 e. The van der Waals surface area contributed by atoms with Gasteiger partial charge in [0.2, 0.25) is 0 Å². The van der Waals surface area contributed by atoms with Gasteiger partial charge in [-0.25, -0.2) is 0 Å². The molecule has 2 nitrogen and oxygen atoms in total. The maximum Gasteiger partial charge on any atom is 0.0801 e. The van der Waals surface area contributed by atoms with Crippen molar-refractivity contribution in [2.45, 2.75) is 84.8 Å². The van der Waals surface area contributed by atoms with E-state index in [-0.39, 0.29) is 11.6 Å². The molecule has 0 aliphatic carbocycles. The summed E-state index contributed by atoms with van der Waals surface area (Å²) in [5.74, 6) is 0.760. The van der Waals surface area contributed by atoms with Crippen LogP contribution in [-0.4, -0.2) is 18.2 Å². The molecule has 3 unspecified atom stereocenters. The van der Waals surface area contributed by atoms with Crippen molar-refractivity contribution < 1.29 is 4.74 Å². The Morgan fingerprint density at radius 2 is 1.82 bits per heavy atom. The van der Waals surface area contributed by atoms with Crippen LogP contribution in [-0.2, 0) is 4.74 Å². The largest absolute Gasteiger partial charge is 0.374 e. The van der Waals surface area contributed by atoms with E-state index in [2.05, 4.69) is 34.6 Å². The van der Waals surface area contributed by atoms with Crippen LogP contribution >= 0.6 is 0 Å². The Kier molecular flexibility index (Phi) is 8.89. The molecule has 0 aliphatic heterocycles. The van der Waals surface area contributed by atoms with E-state index in [1.807, 2.05) is 0 Å². The second-order valence-corrected chi connectivity index (χ2v) is 5.36. The highest BCUT2D eigenvalue weighted by atomic mass is 16.5. The molecule has 0 saturated carbocycles. The van der Waals surface area contributed by atoms with E-state index in [0.717, 1.165) is 25.4 Å². The first-order valence-corrected chi connectivity index (χ1v) is 7.43. The molecule has 0 saturated heterocycles. The molecule has 2 heteroatoms. The van der Waals surface area contributed by atoms with Gasteiger partial charge in [-0.2, -0.15) is 0 Å². The van der Waals surface area contributed by atoms with Crippen molar-refractivity contribution in [1.29, 1.82) is 0 Å². The Labute approximate surface area is 108 Å². The monoisotopic (exact) mass is 243 g/mol.